The summed E-state index contributed by atoms with van der Waals surface area (Å²) in [5.41, 5.74) is 3.35. The molecule has 0 bridgehead atoms. The molecule has 0 saturated heterocycles. The van der Waals surface area contributed by atoms with E-state index in [0.29, 0.717) is 29.6 Å². The van der Waals surface area contributed by atoms with Crippen molar-refractivity contribution in [2.45, 2.75) is 39.7 Å². The second-order valence-electron chi connectivity index (χ2n) is 8.52. The summed E-state index contributed by atoms with van der Waals surface area (Å²) in [6, 6.07) is 16.6. The van der Waals surface area contributed by atoms with Gasteiger partial charge in [0.2, 0.25) is 11.8 Å². The molecule has 0 unspecified atom stereocenters. The number of aryl methyl sites for hydroxylation is 1. The zero-order valence-electron chi connectivity index (χ0n) is 18.6. The van der Waals surface area contributed by atoms with Crippen molar-refractivity contribution in [3.8, 4) is 11.6 Å². The van der Waals surface area contributed by atoms with Crippen molar-refractivity contribution in [3.63, 3.8) is 0 Å². The molecule has 2 N–H and O–H groups in total. The lowest BCUT2D eigenvalue weighted by atomic mass is 9.86. The average Bonchev–Trinajstić information content (AvgIpc) is 3.10. The molecule has 0 spiro atoms. The van der Waals surface area contributed by atoms with Gasteiger partial charge in [-0.15, -0.1) is 0 Å². The lowest BCUT2D eigenvalue weighted by Gasteiger charge is -2.22. The van der Waals surface area contributed by atoms with Crippen LogP contribution in [0.2, 0.25) is 0 Å². The SMILES string of the molecule is CCn1c(Nc2cccnc2Oc2ccccc2C(C)(C)C)nc2ccc(C(=O)O)cc21. The monoisotopic (exact) mass is 430 g/mol. The first-order valence-electron chi connectivity index (χ1n) is 10.5. The summed E-state index contributed by atoms with van der Waals surface area (Å²) in [7, 11) is 0. The Morgan fingerprint density at radius 1 is 1.12 bits per heavy atom. The van der Waals surface area contributed by atoms with Gasteiger partial charge in [-0.3, -0.25) is 0 Å². The highest BCUT2D eigenvalue weighted by molar-refractivity contribution is 5.93. The lowest BCUT2D eigenvalue weighted by molar-refractivity contribution is 0.0697. The summed E-state index contributed by atoms with van der Waals surface area (Å²) >= 11 is 0. The molecule has 0 aliphatic rings. The molecule has 4 aromatic rings. The van der Waals surface area contributed by atoms with E-state index >= 15 is 0 Å². The molecular weight excluding hydrogens is 404 g/mol. The first kappa shape index (κ1) is 21.4. The highest BCUT2D eigenvalue weighted by Crippen LogP contribution is 2.36. The molecule has 7 heteroatoms. The summed E-state index contributed by atoms with van der Waals surface area (Å²) in [6.45, 7) is 9.02. The van der Waals surface area contributed by atoms with Crippen LogP contribution in [-0.2, 0) is 12.0 Å². The van der Waals surface area contributed by atoms with E-state index in [1.165, 1.54) is 0 Å². The minimum Gasteiger partial charge on any atom is -0.478 e. The molecule has 0 radical (unpaired) electrons. The number of hydrogen-bond donors (Lipinski definition) is 2. The third-order valence-corrected chi connectivity index (χ3v) is 5.23. The molecule has 0 aliphatic carbocycles. The largest absolute Gasteiger partial charge is 0.478 e. The Morgan fingerprint density at radius 3 is 2.62 bits per heavy atom. The number of para-hydroxylation sites is 1. The third kappa shape index (κ3) is 4.14. The second-order valence-corrected chi connectivity index (χ2v) is 8.52. The number of ether oxygens (including phenoxy) is 1. The Bertz CT molecular complexity index is 1290. The van der Waals surface area contributed by atoms with Gasteiger partial charge in [-0.1, -0.05) is 39.0 Å². The fraction of sp³-hybridized carbons (Fsp3) is 0.240. The number of hydrogen-bond acceptors (Lipinski definition) is 5. The van der Waals surface area contributed by atoms with Crippen molar-refractivity contribution in [2.24, 2.45) is 0 Å². The molecule has 2 aromatic carbocycles. The number of carboxylic acid groups (broad SMARTS) is 1. The smallest absolute Gasteiger partial charge is 0.335 e. The van der Waals surface area contributed by atoms with Crippen LogP contribution in [0, 0.1) is 0 Å². The number of imidazole rings is 1. The van der Waals surface area contributed by atoms with Crippen LogP contribution in [0.15, 0.2) is 60.8 Å². The van der Waals surface area contributed by atoms with Crippen LogP contribution in [0.3, 0.4) is 0 Å². The predicted molar refractivity (Wildman–Crippen MR) is 125 cm³/mol. The first-order chi connectivity index (χ1) is 15.3. The molecule has 0 fully saturated rings. The van der Waals surface area contributed by atoms with E-state index in [1.54, 1.807) is 24.4 Å². The van der Waals surface area contributed by atoms with Crippen LogP contribution >= 0.6 is 0 Å². The fourth-order valence-corrected chi connectivity index (χ4v) is 3.64. The number of anilines is 2. The van der Waals surface area contributed by atoms with Crippen LogP contribution in [0.1, 0.15) is 43.6 Å². The van der Waals surface area contributed by atoms with E-state index in [1.807, 2.05) is 41.8 Å². The summed E-state index contributed by atoms with van der Waals surface area (Å²) in [4.78, 5) is 20.5. The summed E-state index contributed by atoms with van der Waals surface area (Å²) in [5.74, 6) is 0.805. The zero-order chi connectivity index (χ0) is 22.9. The molecular formula is C25H26N4O3. The Labute approximate surface area is 186 Å². The van der Waals surface area contributed by atoms with Gasteiger partial charge in [0, 0.05) is 18.3 Å². The van der Waals surface area contributed by atoms with Gasteiger partial charge < -0.3 is 19.7 Å². The van der Waals surface area contributed by atoms with Crippen LogP contribution in [0.4, 0.5) is 11.6 Å². The van der Waals surface area contributed by atoms with Crippen molar-refractivity contribution < 1.29 is 14.6 Å². The normalized spacial score (nSPS) is 11.5. The van der Waals surface area contributed by atoms with E-state index in [-0.39, 0.29) is 11.0 Å². The fourth-order valence-electron chi connectivity index (χ4n) is 3.64. The van der Waals surface area contributed by atoms with Gasteiger partial charge in [-0.05, 0) is 48.7 Å². The number of nitrogens with one attached hydrogen (secondary N) is 1. The molecule has 2 heterocycles. The maximum Gasteiger partial charge on any atom is 0.335 e. The summed E-state index contributed by atoms with van der Waals surface area (Å²) in [5, 5.41) is 12.7. The molecule has 0 amide bonds. The summed E-state index contributed by atoms with van der Waals surface area (Å²) < 4.78 is 8.18. The molecule has 0 saturated carbocycles. The van der Waals surface area contributed by atoms with Crippen LogP contribution < -0.4 is 10.1 Å². The van der Waals surface area contributed by atoms with Crippen LogP contribution in [-0.4, -0.2) is 25.6 Å². The number of nitrogens with zero attached hydrogens (tertiary/aromatic N) is 3. The van der Waals surface area contributed by atoms with Gasteiger partial charge >= 0.3 is 5.97 Å². The number of benzene rings is 2. The number of carbonyl (C=O) groups is 1. The Hall–Kier alpha value is -3.87. The second kappa shape index (κ2) is 8.34. The maximum absolute atomic E-state index is 11.4. The number of rotatable bonds is 6. The van der Waals surface area contributed by atoms with Crippen molar-refractivity contribution in [2.75, 3.05) is 5.32 Å². The predicted octanol–water partition coefficient (Wildman–Crippen LogP) is 5.98. The van der Waals surface area contributed by atoms with Gasteiger partial charge in [-0.25, -0.2) is 14.8 Å². The van der Waals surface area contributed by atoms with Crippen LogP contribution in [0.5, 0.6) is 11.6 Å². The number of carboxylic acids is 1. The van der Waals surface area contributed by atoms with E-state index in [2.05, 4.69) is 42.1 Å². The average molecular weight is 431 g/mol. The highest BCUT2D eigenvalue weighted by Gasteiger charge is 2.20. The number of aromatic nitrogens is 3. The number of fused-ring (bicyclic) bond motifs is 1. The molecule has 7 nitrogen and oxygen atoms in total. The van der Waals surface area contributed by atoms with Crippen molar-refractivity contribution in [1.82, 2.24) is 14.5 Å². The third-order valence-electron chi connectivity index (χ3n) is 5.23. The van der Waals surface area contributed by atoms with Crippen molar-refractivity contribution in [1.29, 1.82) is 0 Å². The number of aromatic carboxylic acids is 1. The van der Waals surface area contributed by atoms with E-state index in [4.69, 9.17) is 4.74 Å². The summed E-state index contributed by atoms with van der Waals surface area (Å²) in [6.07, 6.45) is 1.68. The Balaban J connectivity index is 1.72. The molecule has 0 atom stereocenters. The minimum absolute atomic E-state index is 0.0863. The molecule has 0 aliphatic heterocycles. The van der Waals surface area contributed by atoms with Crippen LogP contribution in [0.25, 0.3) is 11.0 Å². The van der Waals surface area contributed by atoms with Gasteiger partial charge in [0.1, 0.15) is 11.4 Å². The van der Waals surface area contributed by atoms with E-state index < -0.39 is 5.97 Å². The van der Waals surface area contributed by atoms with Gasteiger partial charge in [0.25, 0.3) is 0 Å². The Morgan fingerprint density at radius 2 is 1.91 bits per heavy atom. The highest BCUT2D eigenvalue weighted by atomic mass is 16.5. The van der Waals surface area contributed by atoms with Gasteiger partial charge in [0.15, 0.2) is 0 Å². The molecule has 4 rings (SSSR count). The number of pyridine rings is 1. The molecule has 2 aromatic heterocycles. The molecule has 32 heavy (non-hydrogen) atoms. The van der Waals surface area contributed by atoms with Crippen molar-refractivity contribution >= 4 is 28.6 Å². The van der Waals surface area contributed by atoms with E-state index in [0.717, 1.165) is 16.8 Å². The Kier molecular flexibility index (Phi) is 5.57. The quantitative estimate of drug-likeness (QED) is 0.391. The van der Waals surface area contributed by atoms with Gasteiger partial charge in [0.05, 0.1) is 16.6 Å². The lowest BCUT2D eigenvalue weighted by Crippen LogP contribution is -2.12. The van der Waals surface area contributed by atoms with E-state index in [9.17, 15) is 9.90 Å². The van der Waals surface area contributed by atoms with Crippen molar-refractivity contribution in [3.05, 3.63) is 71.9 Å². The van der Waals surface area contributed by atoms with Gasteiger partial charge in [-0.2, -0.15) is 0 Å². The first-order valence-corrected chi connectivity index (χ1v) is 10.5. The zero-order valence-corrected chi connectivity index (χ0v) is 18.6. The topological polar surface area (TPSA) is 89.3 Å². The minimum atomic E-state index is -0.967. The molecule has 164 valence electrons. The standard InChI is InChI=1S/C25H26N4O3/c1-5-29-20-15-16(23(30)31)12-13-18(20)27-24(29)28-19-10-8-14-26-22(19)32-21-11-7-6-9-17(21)25(2,3)4/h6-15H,5H2,1-4H3,(H,27,28)(H,30,31). The maximum atomic E-state index is 11.4.